The van der Waals surface area contributed by atoms with Gasteiger partial charge in [0.15, 0.2) is 0 Å². The Kier molecular flexibility index (Phi) is 4.97. The number of aromatic nitrogens is 3. The lowest BCUT2D eigenvalue weighted by atomic mass is 10.1. The van der Waals surface area contributed by atoms with Crippen LogP contribution in [0.15, 0.2) is 48.7 Å². The summed E-state index contributed by atoms with van der Waals surface area (Å²) in [7, 11) is 0. The highest BCUT2D eigenvalue weighted by Gasteiger charge is 2.34. The number of hydrogen-bond acceptors (Lipinski definition) is 5. The number of aromatic amines is 1. The highest BCUT2D eigenvalue weighted by atomic mass is 19.4. The van der Waals surface area contributed by atoms with Crippen molar-refractivity contribution < 1.29 is 13.2 Å². The van der Waals surface area contributed by atoms with E-state index in [4.69, 9.17) is 5.73 Å². The quantitative estimate of drug-likeness (QED) is 0.503. The van der Waals surface area contributed by atoms with E-state index >= 15 is 0 Å². The molecule has 26 heavy (non-hydrogen) atoms. The molecule has 0 saturated carbocycles. The van der Waals surface area contributed by atoms with Crippen LogP contribution in [0.25, 0.3) is 11.3 Å². The van der Waals surface area contributed by atoms with Crippen LogP contribution >= 0.6 is 0 Å². The number of alkyl halides is 3. The number of rotatable bonds is 6. The van der Waals surface area contributed by atoms with Crippen LogP contribution in [0, 0.1) is 0 Å². The van der Waals surface area contributed by atoms with Gasteiger partial charge in [0.1, 0.15) is 11.6 Å². The molecule has 0 fully saturated rings. The first kappa shape index (κ1) is 17.6. The molecule has 0 spiro atoms. The number of pyridine rings is 1. The lowest BCUT2D eigenvalue weighted by Crippen LogP contribution is -2.13. The van der Waals surface area contributed by atoms with E-state index in [0.29, 0.717) is 18.9 Å². The number of nitrogen functional groups attached to an aromatic ring is 1. The minimum Gasteiger partial charge on any atom is -0.384 e. The Hall–Kier alpha value is -3.23. The van der Waals surface area contributed by atoms with Gasteiger partial charge in [0.05, 0.1) is 11.3 Å². The fourth-order valence-electron chi connectivity index (χ4n) is 2.42. The standard InChI is InChI=1S/C17H17F3N6/c18-17(19,20)13-8-15(21)24-10-12(13)14-9-16(26-25-14)23-7-6-22-11-4-2-1-3-5-11/h1-5,8-10,22H,6-7H2,(H2,21,24)(H2,23,25,26). The molecule has 0 atom stereocenters. The highest BCUT2D eigenvalue weighted by Crippen LogP contribution is 2.37. The second-order valence-corrected chi connectivity index (χ2v) is 5.54. The summed E-state index contributed by atoms with van der Waals surface area (Å²) in [5, 5.41) is 12.9. The first-order valence-corrected chi connectivity index (χ1v) is 7.85. The van der Waals surface area contributed by atoms with E-state index in [1.807, 2.05) is 30.3 Å². The van der Waals surface area contributed by atoms with Gasteiger partial charge >= 0.3 is 6.18 Å². The molecule has 136 valence electrons. The average molecular weight is 362 g/mol. The van der Waals surface area contributed by atoms with Crippen molar-refractivity contribution in [3.8, 4) is 11.3 Å². The number of benzene rings is 1. The number of H-pyrrole nitrogens is 1. The summed E-state index contributed by atoms with van der Waals surface area (Å²) in [6, 6.07) is 12.0. The van der Waals surface area contributed by atoms with Crippen molar-refractivity contribution in [2.45, 2.75) is 6.18 Å². The van der Waals surface area contributed by atoms with Crippen molar-refractivity contribution >= 4 is 17.3 Å². The smallest absolute Gasteiger partial charge is 0.384 e. The molecule has 0 aliphatic heterocycles. The third-order valence-corrected chi connectivity index (χ3v) is 3.63. The second-order valence-electron chi connectivity index (χ2n) is 5.54. The Morgan fingerprint density at radius 2 is 1.77 bits per heavy atom. The van der Waals surface area contributed by atoms with Crippen molar-refractivity contribution in [2.75, 3.05) is 29.5 Å². The fourth-order valence-corrected chi connectivity index (χ4v) is 2.42. The van der Waals surface area contributed by atoms with Crippen LogP contribution in [0.1, 0.15) is 5.56 Å². The maximum atomic E-state index is 13.2. The molecule has 1 aromatic carbocycles. The lowest BCUT2D eigenvalue weighted by molar-refractivity contribution is -0.137. The monoisotopic (exact) mass is 362 g/mol. The number of anilines is 3. The number of para-hydroxylation sites is 1. The average Bonchev–Trinajstić information content (AvgIpc) is 3.07. The topological polar surface area (TPSA) is 91.7 Å². The molecule has 0 unspecified atom stereocenters. The molecule has 2 aromatic heterocycles. The maximum Gasteiger partial charge on any atom is 0.417 e. The summed E-state index contributed by atoms with van der Waals surface area (Å²) in [6.07, 6.45) is -3.46. The molecule has 3 rings (SSSR count). The molecule has 0 radical (unpaired) electrons. The van der Waals surface area contributed by atoms with Gasteiger partial charge in [-0.15, -0.1) is 0 Å². The first-order valence-electron chi connectivity index (χ1n) is 7.85. The van der Waals surface area contributed by atoms with Crippen LogP contribution in [0.4, 0.5) is 30.5 Å². The molecule has 2 heterocycles. The van der Waals surface area contributed by atoms with Gasteiger partial charge in [-0.1, -0.05) is 18.2 Å². The molecule has 3 aromatic rings. The van der Waals surface area contributed by atoms with E-state index in [2.05, 4.69) is 25.8 Å². The van der Waals surface area contributed by atoms with Gasteiger partial charge in [0, 0.05) is 36.6 Å². The Bertz CT molecular complexity index is 860. The molecule has 5 N–H and O–H groups in total. The molecule has 6 nitrogen and oxygen atoms in total. The maximum absolute atomic E-state index is 13.2. The zero-order chi connectivity index (χ0) is 18.6. The van der Waals surface area contributed by atoms with Gasteiger partial charge in [0.2, 0.25) is 0 Å². The van der Waals surface area contributed by atoms with E-state index in [0.717, 1.165) is 18.0 Å². The van der Waals surface area contributed by atoms with Crippen molar-refractivity contribution in [2.24, 2.45) is 0 Å². The van der Waals surface area contributed by atoms with E-state index in [9.17, 15) is 13.2 Å². The summed E-state index contributed by atoms with van der Waals surface area (Å²) < 4.78 is 39.6. The van der Waals surface area contributed by atoms with Gasteiger partial charge in [-0.05, 0) is 18.2 Å². The summed E-state index contributed by atoms with van der Waals surface area (Å²) in [6.45, 7) is 1.19. The summed E-state index contributed by atoms with van der Waals surface area (Å²) in [5.74, 6) is 0.321. The summed E-state index contributed by atoms with van der Waals surface area (Å²) in [5.41, 5.74) is 5.51. The predicted octanol–water partition coefficient (Wildman–Crippen LogP) is 3.60. The SMILES string of the molecule is Nc1cc(C(F)(F)F)c(-c2cc(NCCNc3ccccc3)[nH]n2)cn1. The first-order chi connectivity index (χ1) is 12.4. The number of nitrogens with zero attached hydrogens (tertiary/aromatic N) is 2. The van der Waals surface area contributed by atoms with E-state index in [1.165, 1.54) is 6.07 Å². The fraction of sp³-hybridized carbons (Fsp3) is 0.176. The van der Waals surface area contributed by atoms with Crippen LogP contribution < -0.4 is 16.4 Å². The van der Waals surface area contributed by atoms with Crippen LogP contribution in [-0.4, -0.2) is 28.3 Å². The van der Waals surface area contributed by atoms with Crippen LogP contribution in [-0.2, 0) is 6.18 Å². The van der Waals surface area contributed by atoms with Crippen molar-refractivity contribution in [1.29, 1.82) is 0 Å². The summed E-state index contributed by atoms with van der Waals surface area (Å²) >= 11 is 0. The normalized spacial score (nSPS) is 11.3. The predicted molar refractivity (Wildman–Crippen MR) is 94.7 cm³/mol. The van der Waals surface area contributed by atoms with Crippen LogP contribution in [0.5, 0.6) is 0 Å². The van der Waals surface area contributed by atoms with Crippen LogP contribution in [0.2, 0.25) is 0 Å². The van der Waals surface area contributed by atoms with Gasteiger partial charge in [-0.3, -0.25) is 5.10 Å². The Morgan fingerprint density at radius 3 is 2.50 bits per heavy atom. The molecule has 0 aliphatic rings. The van der Waals surface area contributed by atoms with Gasteiger partial charge in [0.25, 0.3) is 0 Å². The van der Waals surface area contributed by atoms with E-state index in [-0.39, 0.29) is 17.1 Å². The zero-order valence-electron chi connectivity index (χ0n) is 13.6. The van der Waals surface area contributed by atoms with Crippen molar-refractivity contribution in [3.63, 3.8) is 0 Å². The van der Waals surface area contributed by atoms with E-state index in [1.54, 1.807) is 0 Å². The van der Waals surface area contributed by atoms with Gasteiger partial charge in [-0.25, -0.2) is 4.98 Å². The minimum absolute atomic E-state index is 0.126. The molecule has 0 amide bonds. The summed E-state index contributed by atoms with van der Waals surface area (Å²) in [4.78, 5) is 3.74. The number of nitrogens with one attached hydrogen (secondary N) is 3. The Labute approximate surface area is 147 Å². The minimum atomic E-state index is -4.54. The van der Waals surface area contributed by atoms with E-state index < -0.39 is 11.7 Å². The highest BCUT2D eigenvalue weighted by molar-refractivity contribution is 5.67. The van der Waals surface area contributed by atoms with Crippen molar-refractivity contribution in [1.82, 2.24) is 15.2 Å². The molecule has 0 bridgehead atoms. The molecular weight excluding hydrogens is 345 g/mol. The number of nitrogens with two attached hydrogens (primary N) is 1. The van der Waals surface area contributed by atoms with Gasteiger partial charge in [-0.2, -0.15) is 18.3 Å². The third kappa shape index (κ3) is 4.24. The second kappa shape index (κ2) is 7.34. The van der Waals surface area contributed by atoms with Gasteiger partial charge < -0.3 is 16.4 Å². The number of hydrogen-bond donors (Lipinski definition) is 4. The molecular formula is C17H17F3N6. The largest absolute Gasteiger partial charge is 0.417 e. The molecule has 0 saturated heterocycles. The number of halogens is 3. The lowest BCUT2D eigenvalue weighted by Gasteiger charge is -2.11. The van der Waals surface area contributed by atoms with Crippen LogP contribution in [0.3, 0.4) is 0 Å². The Balaban J connectivity index is 1.65. The molecule has 0 aliphatic carbocycles. The third-order valence-electron chi connectivity index (χ3n) is 3.63. The van der Waals surface area contributed by atoms with Crippen molar-refractivity contribution in [3.05, 3.63) is 54.2 Å². The molecule has 9 heteroatoms. The zero-order valence-corrected chi connectivity index (χ0v) is 13.6. The Morgan fingerprint density at radius 1 is 1.04 bits per heavy atom.